The predicted molar refractivity (Wildman–Crippen MR) is 91.1 cm³/mol. The molecule has 0 spiro atoms. The molecule has 26 heavy (non-hydrogen) atoms. The molecule has 1 saturated heterocycles. The highest BCUT2D eigenvalue weighted by Crippen LogP contribution is 2.26. The summed E-state index contributed by atoms with van der Waals surface area (Å²) in [6.07, 6.45) is 0.861. The van der Waals surface area contributed by atoms with Gasteiger partial charge in [0.1, 0.15) is 12.1 Å². The maximum absolute atomic E-state index is 13.4. The maximum atomic E-state index is 13.4. The van der Waals surface area contributed by atoms with Crippen LogP contribution in [0.4, 0.5) is 13.6 Å². The highest BCUT2D eigenvalue weighted by atomic mass is 19.2. The topological polar surface area (TPSA) is 69.7 Å². The van der Waals surface area contributed by atoms with Gasteiger partial charge in [-0.25, -0.2) is 13.6 Å². The first kappa shape index (κ1) is 19.8. The van der Waals surface area contributed by atoms with E-state index in [1.807, 2.05) is 0 Å². The third-order valence-corrected chi connectivity index (χ3v) is 5.15. The SMILES string of the molecule is CCC1(CC)NC(=O)N(CC(=O)N(C)C(C)c2ccc(F)c(F)c2)C1=O. The van der Waals surface area contributed by atoms with Crippen LogP contribution in [-0.2, 0) is 9.59 Å². The van der Waals surface area contributed by atoms with E-state index in [1.165, 1.54) is 18.0 Å². The molecule has 8 heteroatoms. The molecule has 1 N–H and O–H groups in total. The van der Waals surface area contributed by atoms with Crippen LogP contribution in [0.3, 0.4) is 0 Å². The Morgan fingerprint density at radius 1 is 1.23 bits per heavy atom. The molecular weight excluding hydrogens is 344 g/mol. The second-order valence-electron chi connectivity index (χ2n) is 6.46. The van der Waals surface area contributed by atoms with Gasteiger partial charge in [-0.3, -0.25) is 14.5 Å². The van der Waals surface area contributed by atoms with E-state index < -0.39 is 47.6 Å². The molecule has 1 atom stereocenters. The summed E-state index contributed by atoms with van der Waals surface area (Å²) < 4.78 is 26.5. The first-order valence-electron chi connectivity index (χ1n) is 8.51. The van der Waals surface area contributed by atoms with Crippen LogP contribution in [-0.4, -0.2) is 46.8 Å². The Kier molecular flexibility index (Phi) is 5.63. The third kappa shape index (κ3) is 3.40. The molecule has 0 aromatic heterocycles. The molecule has 0 radical (unpaired) electrons. The van der Waals surface area contributed by atoms with Gasteiger partial charge in [0.05, 0.1) is 6.04 Å². The maximum Gasteiger partial charge on any atom is 0.325 e. The van der Waals surface area contributed by atoms with Crippen molar-refractivity contribution >= 4 is 17.8 Å². The Balaban J connectivity index is 2.12. The second kappa shape index (κ2) is 7.39. The lowest BCUT2D eigenvalue weighted by Gasteiger charge is -2.27. The molecule has 1 fully saturated rings. The quantitative estimate of drug-likeness (QED) is 0.786. The number of rotatable bonds is 6. The fourth-order valence-electron chi connectivity index (χ4n) is 3.01. The van der Waals surface area contributed by atoms with Gasteiger partial charge in [-0.2, -0.15) is 0 Å². The highest BCUT2D eigenvalue weighted by molar-refractivity contribution is 6.08. The van der Waals surface area contributed by atoms with E-state index in [4.69, 9.17) is 0 Å². The average molecular weight is 367 g/mol. The highest BCUT2D eigenvalue weighted by Gasteiger charge is 2.49. The number of halogens is 2. The van der Waals surface area contributed by atoms with E-state index in [0.29, 0.717) is 18.4 Å². The number of hydrogen-bond acceptors (Lipinski definition) is 3. The monoisotopic (exact) mass is 367 g/mol. The van der Waals surface area contributed by atoms with Crippen molar-refractivity contribution in [1.29, 1.82) is 0 Å². The summed E-state index contributed by atoms with van der Waals surface area (Å²) in [5.74, 6) is -2.87. The van der Waals surface area contributed by atoms with Crippen molar-refractivity contribution in [3.8, 4) is 0 Å². The summed E-state index contributed by atoms with van der Waals surface area (Å²) in [6, 6.07) is 2.26. The number of hydrogen-bond donors (Lipinski definition) is 1. The number of imide groups is 1. The molecule has 1 aromatic carbocycles. The van der Waals surface area contributed by atoms with Crippen molar-refractivity contribution in [3.05, 3.63) is 35.4 Å². The number of amides is 4. The Labute approximate surface area is 151 Å². The Morgan fingerprint density at radius 3 is 2.35 bits per heavy atom. The van der Waals surface area contributed by atoms with Gasteiger partial charge in [-0.15, -0.1) is 0 Å². The van der Waals surface area contributed by atoms with Crippen LogP contribution in [0.25, 0.3) is 0 Å². The zero-order valence-electron chi connectivity index (χ0n) is 15.3. The molecule has 142 valence electrons. The van der Waals surface area contributed by atoms with Gasteiger partial charge < -0.3 is 10.2 Å². The van der Waals surface area contributed by atoms with Crippen LogP contribution in [0.15, 0.2) is 18.2 Å². The largest absolute Gasteiger partial charge is 0.337 e. The first-order valence-corrected chi connectivity index (χ1v) is 8.51. The second-order valence-corrected chi connectivity index (χ2v) is 6.46. The number of urea groups is 1. The van der Waals surface area contributed by atoms with Crippen LogP contribution in [0, 0.1) is 11.6 Å². The normalized spacial score (nSPS) is 17.2. The van der Waals surface area contributed by atoms with E-state index in [2.05, 4.69) is 5.32 Å². The van der Waals surface area contributed by atoms with E-state index in [-0.39, 0.29) is 0 Å². The van der Waals surface area contributed by atoms with Crippen molar-refractivity contribution < 1.29 is 23.2 Å². The van der Waals surface area contributed by atoms with Crippen LogP contribution < -0.4 is 5.32 Å². The number of likely N-dealkylation sites (N-methyl/N-ethyl adjacent to an activating group) is 1. The third-order valence-electron chi connectivity index (χ3n) is 5.15. The number of carbonyl (C=O) groups excluding carboxylic acids is 3. The van der Waals surface area contributed by atoms with E-state index in [9.17, 15) is 23.2 Å². The van der Waals surface area contributed by atoms with Gasteiger partial charge in [0, 0.05) is 7.05 Å². The van der Waals surface area contributed by atoms with Gasteiger partial charge >= 0.3 is 6.03 Å². The lowest BCUT2D eigenvalue weighted by Crippen LogP contribution is -2.47. The molecular formula is C18H23F2N3O3. The molecule has 0 aliphatic carbocycles. The molecule has 1 unspecified atom stereocenters. The summed E-state index contributed by atoms with van der Waals surface area (Å²) in [5, 5.41) is 2.66. The Bertz CT molecular complexity index is 734. The molecule has 6 nitrogen and oxygen atoms in total. The molecule has 2 rings (SSSR count). The molecule has 1 aliphatic heterocycles. The lowest BCUT2D eigenvalue weighted by molar-refractivity contribution is -0.139. The lowest BCUT2D eigenvalue weighted by atomic mass is 9.93. The summed E-state index contributed by atoms with van der Waals surface area (Å²) in [6.45, 7) is 4.84. The van der Waals surface area contributed by atoms with Gasteiger partial charge in [-0.1, -0.05) is 19.9 Å². The average Bonchev–Trinajstić information content (AvgIpc) is 2.87. The van der Waals surface area contributed by atoms with Crippen LogP contribution in [0.5, 0.6) is 0 Å². The molecule has 1 aliphatic rings. The number of benzene rings is 1. The predicted octanol–water partition coefficient (Wildman–Crippen LogP) is 2.59. The van der Waals surface area contributed by atoms with Crippen molar-refractivity contribution in [3.63, 3.8) is 0 Å². The molecule has 0 bridgehead atoms. The summed E-state index contributed by atoms with van der Waals surface area (Å²) in [4.78, 5) is 39.4. The van der Waals surface area contributed by atoms with Crippen LogP contribution in [0.2, 0.25) is 0 Å². The van der Waals surface area contributed by atoms with Crippen LogP contribution in [0.1, 0.15) is 45.2 Å². The molecule has 0 saturated carbocycles. The van der Waals surface area contributed by atoms with Gasteiger partial charge in [0.15, 0.2) is 11.6 Å². The zero-order chi connectivity index (χ0) is 19.6. The van der Waals surface area contributed by atoms with E-state index >= 15 is 0 Å². The smallest absolute Gasteiger partial charge is 0.325 e. The fourth-order valence-corrected chi connectivity index (χ4v) is 3.01. The van der Waals surface area contributed by atoms with Crippen molar-refractivity contribution in [2.45, 2.75) is 45.2 Å². The first-order chi connectivity index (χ1) is 12.2. The summed E-state index contributed by atoms with van der Waals surface area (Å²) >= 11 is 0. The Morgan fingerprint density at radius 2 is 1.85 bits per heavy atom. The van der Waals surface area contributed by atoms with Crippen LogP contribution >= 0.6 is 0 Å². The van der Waals surface area contributed by atoms with Gasteiger partial charge in [0.25, 0.3) is 5.91 Å². The zero-order valence-corrected chi connectivity index (χ0v) is 15.3. The standard InChI is InChI=1S/C18H23F2N3O3/c1-5-18(6-2)16(25)23(17(26)21-18)10-15(24)22(4)11(3)12-7-8-13(19)14(20)9-12/h7-9,11H,5-6,10H2,1-4H3,(H,21,26). The van der Waals surface area contributed by atoms with E-state index in [0.717, 1.165) is 17.0 Å². The number of nitrogens with zero attached hydrogens (tertiary/aromatic N) is 2. The minimum Gasteiger partial charge on any atom is -0.337 e. The minimum atomic E-state index is -1.00. The fraction of sp³-hybridized carbons (Fsp3) is 0.500. The number of carbonyl (C=O) groups is 3. The minimum absolute atomic E-state index is 0.406. The van der Waals surface area contributed by atoms with Gasteiger partial charge in [0.2, 0.25) is 5.91 Å². The van der Waals surface area contributed by atoms with Gasteiger partial charge in [-0.05, 0) is 37.5 Å². The Hall–Kier alpha value is -2.51. The summed E-state index contributed by atoms with van der Waals surface area (Å²) in [7, 11) is 1.49. The van der Waals surface area contributed by atoms with E-state index in [1.54, 1.807) is 20.8 Å². The van der Waals surface area contributed by atoms with Crippen molar-refractivity contribution in [2.75, 3.05) is 13.6 Å². The number of nitrogens with one attached hydrogen (secondary N) is 1. The van der Waals surface area contributed by atoms with Crippen molar-refractivity contribution in [2.24, 2.45) is 0 Å². The molecule has 4 amide bonds. The molecule has 1 heterocycles. The molecule has 1 aromatic rings. The summed E-state index contributed by atoms with van der Waals surface area (Å²) in [5.41, 5.74) is -0.560. The van der Waals surface area contributed by atoms with Crippen molar-refractivity contribution in [1.82, 2.24) is 15.1 Å².